The first-order chi connectivity index (χ1) is 13.1. The van der Waals surface area contributed by atoms with E-state index in [9.17, 15) is 9.90 Å². The average molecular weight is 381 g/mol. The molecular formula is C22H21ClN2O2. The van der Waals surface area contributed by atoms with E-state index in [1.54, 1.807) is 0 Å². The van der Waals surface area contributed by atoms with E-state index in [0.717, 1.165) is 40.1 Å². The summed E-state index contributed by atoms with van der Waals surface area (Å²) in [5.74, 6) is -0.801. The first-order valence-corrected chi connectivity index (χ1v) is 9.46. The molecule has 4 nitrogen and oxygen atoms in total. The lowest BCUT2D eigenvalue weighted by molar-refractivity contribution is -0.143. The Hall–Kier alpha value is -2.56. The number of hydrogen-bond donors (Lipinski definition) is 1. The van der Waals surface area contributed by atoms with Gasteiger partial charge in [0.1, 0.15) is 6.04 Å². The van der Waals surface area contributed by atoms with Crippen molar-refractivity contribution in [2.75, 3.05) is 31.1 Å². The van der Waals surface area contributed by atoms with Gasteiger partial charge in [0, 0.05) is 36.9 Å². The van der Waals surface area contributed by atoms with Crippen LogP contribution < -0.4 is 4.90 Å². The Labute approximate surface area is 163 Å². The number of carboxylic acids is 1. The van der Waals surface area contributed by atoms with E-state index < -0.39 is 12.0 Å². The second-order valence-corrected chi connectivity index (χ2v) is 7.28. The molecule has 0 spiro atoms. The SMILES string of the molecule is O=C(O)[C@H](c1ccc2ccccc2c1)N1CCN(c2ccc(Cl)cc2)CC1. The highest BCUT2D eigenvalue weighted by atomic mass is 35.5. The van der Waals surface area contributed by atoms with Gasteiger partial charge < -0.3 is 10.0 Å². The van der Waals surface area contributed by atoms with Gasteiger partial charge in [0.05, 0.1) is 0 Å². The molecule has 3 aromatic rings. The van der Waals surface area contributed by atoms with Crippen molar-refractivity contribution in [2.45, 2.75) is 6.04 Å². The van der Waals surface area contributed by atoms with Crippen LogP contribution in [0.1, 0.15) is 11.6 Å². The molecular weight excluding hydrogens is 360 g/mol. The third-order valence-electron chi connectivity index (χ3n) is 5.19. The summed E-state index contributed by atoms with van der Waals surface area (Å²) >= 11 is 5.97. The number of piperazine rings is 1. The maximum absolute atomic E-state index is 12.1. The van der Waals surface area contributed by atoms with Crippen molar-refractivity contribution in [3.63, 3.8) is 0 Å². The largest absolute Gasteiger partial charge is 0.480 e. The van der Waals surface area contributed by atoms with Crippen molar-refractivity contribution < 1.29 is 9.90 Å². The minimum Gasteiger partial charge on any atom is -0.480 e. The lowest BCUT2D eigenvalue weighted by Crippen LogP contribution is -2.49. The summed E-state index contributed by atoms with van der Waals surface area (Å²) in [6.07, 6.45) is 0. The summed E-state index contributed by atoms with van der Waals surface area (Å²) < 4.78 is 0. The molecule has 0 aliphatic carbocycles. The monoisotopic (exact) mass is 380 g/mol. The molecule has 138 valence electrons. The van der Waals surface area contributed by atoms with Crippen LogP contribution in [0.15, 0.2) is 66.7 Å². The van der Waals surface area contributed by atoms with Gasteiger partial charge in [0.15, 0.2) is 0 Å². The summed E-state index contributed by atoms with van der Waals surface area (Å²) in [5.41, 5.74) is 1.96. The van der Waals surface area contributed by atoms with E-state index in [-0.39, 0.29) is 0 Å². The van der Waals surface area contributed by atoms with Crippen LogP contribution in [0.4, 0.5) is 5.69 Å². The number of halogens is 1. The maximum atomic E-state index is 12.1. The normalized spacial score (nSPS) is 16.4. The lowest BCUT2D eigenvalue weighted by Gasteiger charge is -2.39. The first kappa shape index (κ1) is 17.8. The van der Waals surface area contributed by atoms with Gasteiger partial charge in [-0.3, -0.25) is 9.69 Å². The standard InChI is InChI=1S/C22H21ClN2O2/c23-19-7-9-20(10-8-19)24-11-13-25(14-12-24)21(22(26)27)18-6-5-16-3-1-2-4-17(16)15-18/h1-10,15,21H,11-14H2,(H,26,27)/t21-/m0/s1. The molecule has 1 atom stereocenters. The minimum atomic E-state index is -0.801. The molecule has 4 rings (SSSR count). The Balaban J connectivity index is 1.53. The Kier molecular flexibility index (Phi) is 5.01. The second kappa shape index (κ2) is 7.59. The predicted molar refractivity (Wildman–Crippen MR) is 110 cm³/mol. The smallest absolute Gasteiger partial charge is 0.325 e. The summed E-state index contributed by atoms with van der Waals surface area (Å²) in [6, 6.07) is 21.1. The predicted octanol–water partition coefficient (Wildman–Crippen LogP) is 4.44. The number of hydrogen-bond acceptors (Lipinski definition) is 3. The van der Waals surface area contributed by atoms with E-state index in [2.05, 4.69) is 9.80 Å². The van der Waals surface area contributed by atoms with Crippen LogP contribution in [0.3, 0.4) is 0 Å². The zero-order valence-corrected chi connectivity index (χ0v) is 15.6. The van der Waals surface area contributed by atoms with Crippen LogP contribution in [0, 0.1) is 0 Å². The molecule has 1 aliphatic heterocycles. The molecule has 0 radical (unpaired) electrons. The van der Waals surface area contributed by atoms with Crippen LogP contribution in [0.5, 0.6) is 0 Å². The number of benzene rings is 3. The molecule has 3 aromatic carbocycles. The summed E-state index contributed by atoms with van der Waals surface area (Å²) in [5, 5.41) is 12.8. The molecule has 0 amide bonds. The van der Waals surface area contributed by atoms with Crippen molar-refractivity contribution in [1.29, 1.82) is 0 Å². The Morgan fingerprint density at radius 3 is 2.22 bits per heavy atom. The molecule has 1 heterocycles. The molecule has 0 bridgehead atoms. The first-order valence-electron chi connectivity index (χ1n) is 9.08. The number of aliphatic carboxylic acids is 1. The van der Waals surface area contributed by atoms with E-state index in [1.165, 1.54) is 0 Å². The fraction of sp³-hybridized carbons (Fsp3) is 0.227. The van der Waals surface area contributed by atoms with Crippen molar-refractivity contribution in [3.05, 3.63) is 77.3 Å². The van der Waals surface area contributed by atoms with Crippen molar-refractivity contribution in [3.8, 4) is 0 Å². The average Bonchev–Trinajstić information content (AvgIpc) is 2.69. The van der Waals surface area contributed by atoms with E-state index in [4.69, 9.17) is 11.6 Å². The summed E-state index contributed by atoms with van der Waals surface area (Å²) in [6.45, 7) is 2.98. The number of rotatable bonds is 4. The third-order valence-corrected chi connectivity index (χ3v) is 5.45. The van der Waals surface area contributed by atoms with Gasteiger partial charge in [0.2, 0.25) is 0 Å². The molecule has 1 N–H and O–H groups in total. The van der Waals surface area contributed by atoms with Gasteiger partial charge in [-0.25, -0.2) is 0 Å². The zero-order chi connectivity index (χ0) is 18.8. The number of nitrogens with zero attached hydrogens (tertiary/aromatic N) is 2. The van der Waals surface area contributed by atoms with Gasteiger partial charge in [-0.05, 0) is 46.7 Å². The topological polar surface area (TPSA) is 43.8 Å². The fourth-order valence-electron chi connectivity index (χ4n) is 3.78. The molecule has 5 heteroatoms. The third kappa shape index (κ3) is 3.77. The highest BCUT2D eigenvalue weighted by Crippen LogP contribution is 2.27. The molecule has 0 aromatic heterocycles. The summed E-state index contributed by atoms with van der Waals surface area (Å²) in [4.78, 5) is 16.4. The maximum Gasteiger partial charge on any atom is 0.325 e. The summed E-state index contributed by atoms with van der Waals surface area (Å²) in [7, 11) is 0. The van der Waals surface area contributed by atoms with Gasteiger partial charge in [-0.2, -0.15) is 0 Å². The van der Waals surface area contributed by atoms with Gasteiger partial charge in [-0.1, -0.05) is 48.0 Å². The Morgan fingerprint density at radius 1 is 0.889 bits per heavy atom. The quantitative estimate of drug-likeness (QED) is 0.726. The number of carboxylic acid groups (broad SMARTS) is 1. The van der Waals surface area contributed by atoms with Crippen molar-refractivity contribution in [1.82, 2.24) is 4.90 Å². The van der Waals surface area contributed by atoms with Gasteiger partial charge in [0.25, 0.3) is 0 Å². The Bertz CT molecular complexity index is 950. The van der Waals surface area contributed by atoms with Crippen LogP contribution in [0.25, 0.3) is 10.8 Å². The lowest BCUT2D eigenvalue weighted by atomic mass is 10.00. The van der Waals surface area contributed by atoms with Crippen LogP contribution in [0.2, 0.25) is 5.02 Å². The van der Waals surface area contributed by atoms with Crippen LogP contribution >= 0.6 is 11.6 Å². The van der Waals surface area contributed by atoms with Crippen LogP contribution in [-0.4, -0.2) is 42.2 Å². The van der Waals surface area contributed by atoms with E-state index >= 15 is 0 Å². The van der Waals surface area contributed by atoms with Crippen molar-refractivity contribution >= 4 is 34.0 Å². The molecule has 1 saturated heterocycles. The molecule has 27 heavy (non-hydrogen) atoms. The number of fused-ring (bicyclic) bond motifs is 1. The molecule has 0 unspecified atom stereocenters. The Morgan fingerprint density at radius 2 is 1.56 bits per heavy atom. The number of carbonyl (C=O) groups is 1. The second-order valence-electron chi connectivity index (χ2n) is 6.85. The van der Waals surface area contributed by atoms with Gasteiger partial charge >= 0.3 is 5.97 Å². The van der Waals surface area contributed by atoms with Crippen molar-refractivity contribution in [2.24, 2.45) is 0 Å². The van der Waals surface area contributed by atoms with E-state index in [0.29, 0.717) is 13.1 Å². The molecule has 0 saturated carbocycles. The number of anilines is 1. The van der Waals surface area contributed by atoms with Gasteiger partial charge in [-0.15, -0.1) is 0 Å². The minimum absolute atomic E-state index is 0.623. The highest BCUT2D eigenvalue weighted by Gasteiger charge is 2.30. The molecule has 1 fully saturated rings. The van der Waals surface area contributed by atoms with Crippen LogP contribution in [-0.2, 0) is 4.79 Å². The fourth-order valence-corrected chi connectivity index (χ4v) is 3.90. The van der Waals surface area contributed by atoms with E-state index in [1.807, 2.05) is 66.7 Å². The highest BCUT2D eigenvalue weighted by molar-refractivity contribution is 6.30. The zero-order valence-electron chi connectivity index (χ0n) is 14.9. The molecule has 1 aliphatic rings.